The average Bonchev–Trinajstić information content (AvgIpc) is 2.94. The normalized spacial score (nSPS) is 10.2. The summed E-state index contributed by atoms with van der Waals surface area (Å²) in [6.45, 7) is 2.57. The molecule has 0 saturated heterocycles. The Morgan fingerprint density at radius 1 is 1.65 bits per heavy atom. The molecule has 90 valence electrons. The molecular weight excluding hydrogens is 240 g/mol. The molecule has 0 radical (unpaired) electrons. The molecule has 0 bridgehead atoms. The molecule has 0 amide bonds. The Balaban J connectivity index is 1.98. The lowest BCUT2D eigenvalue weighted by Crippen LogP contribution is -2.03. The zero-order chi connectivity index (χ0) is 12.3. The number of nitrogens with zero attached hydrogens (tertiary/aromatic N) is 2. The lowest BCUT2D eigenvalue weighted by molar-refractivity contribution is 0.0595. The molecule has 0 aliphatic carbocycles. The molecule has 0 unspecified atom stereocenters. The molecule has 0 aliphatic rings. The van der Waals surface area contributed by atoms with Crippen molar-refractivity contribution in [2.75, 3.05) is 12.4 Å². The number of hydrogen-bond acceptors (Lipinski definition) is 6. The highest BCUT2D eigenvalue weighted by Crippen LogP contribution is 2.17. The summed E-state index contributed by atoms with van der Waals surface area (Å²) in [5.74, 6) is -0.422. The first-order valence-electron chi connectivity index (χ1n) is 4.97. The van der Waals surface area contributed by atoms with Crippen molar-refractivity contribution in [3.8, 4) is 0 Å². The largest absolute Gasteiger partial charge is 0.464 e. The zero-order valence-corrected chi connectivity index (χ0v) is 10.3. The minimum absolute atomic E-state index is 0.323. The van der Waals surface area contributed by atoms with Crippen LogP contribution in [0, 0.1) is 6.92 Å². The smallest absolute Gasteiger partial charge is 0.357 e. The second kappa shape index (κ2) is 4.96. The van der Waals surface area contributed by atoms with Gasteiger partial charge in [0.2, 0.25) is 0 Å². The molecule has 0 aromatic carbocycles. The van der Waals surface area contributed by atoms with Gasteiger partial charge in [0.05, 0.1) is 13.3 Å². The predicted octanol–water partition coefficient (Wildman–Crippen LogP) is 1.57. The molecular formula is C10H12N4O2S. The fourth-order valence-corrected chi connectivity index (χ4v) is 1.96. The molecule has 2 aromatic rings. The summed E-state index contributed by atoms with van der Waals surface area (Å²) in [6.07, 6.45) is 1.76. The van der Waals surface area contributed by atoms with E-state index in [1.54, 1.807) is 11.6 Å². The molecule has 0 spiro atoms. The van der Waals surface area contributed by atoms with Gasteiger partial charge in [-0.1, -0.05) is 0 Å². The standard InChI is InChI=1S/C10H12N4O2S/c1-6-7(4-12-14-6)3-11-10-13-8(5-17-10)9(15)16-2/h4-5H,3H2,1-2H3,(H,11,13)(H,12,14). The molecule has 2 rings (SSSR count). The van der Waals surface area contributed by atoms with Crippen LogP contribution in [0.5, 0.6) is 0 Å². The number of thiazole rings is 1. The number of anilines is 1. The van der Waals surface area contributed by atoms with Crippen LogP contribution in [0.1, 0.15) is 21.7 Å². The van der Waals surface area contributed by atoms with Crippen LogP contribution in [0.3, 0.4) is 0 Å². The zero-order valence-electron chi connectivity index (χ0n) is 9.48. The highest BCUT2D eigenvalue weighted by Gasteiger charge is 2.10. The highest BCUT2D eigenvalue weighted by atomic mass is 32.1. The van der Waals surface area contributed by atoms with E-state index in [0.717, 1.165) is 11.3 Å². The van der Waals surface area contributed by atoms with Crippen molar-refractivity contribution < 1.29 is 9.53 Å². The van der Waals surface area contributed by atoms with E-state index in [1.807, 2.05) is 6.92 Å². The Morgan fingerprint density at radius 2 is 2.47 bits per heavy atom. The van der Waals surface area contributed by atoms with Gasteiger partial charge in [0, 0.05) is 23.2 Å². The number of hydrogen-bond donors (Lipinski definition) is 2. The number of aromatic nitrogens is 3. The number of aryl methyl sites for hydroxylation is 1. The van der Waals surface area contributed by atoms with Gasteiger partial charge in [-0.15, -0.1) is 11.3 Å². The summed E-state index contributed by atoms with van der Waals surface area (Å²) in [5, 5.41) is 12.3. The Labute approximate surface area is 102 Å². The van der Waals surface area contributed by atoms with E-state index in [-0.39, 0.29) is 0 Å². The van der Waals surface area contributed by atoms with Crippen molar-refractivity contribution in [2.24, 2.45) is 0 Å². The number of rotatable bonds is 4. The van der Waals surface area contributed by atoms with E-state index in [0.29, 0.717) is 17.4 Å². The molecule has 2 N–H and O–H groups in total. The summed E-state index contributed by atoms with van der Waals surface area (Å²) in [4.78, 5) is 15.3. The van der Waals surface area contributed by atoms with Gasteiger partial charge in [-0.3, -0.25) is 5.10 Å². The molecule has 0 fully saturated rings. The van der Waals surface area contributed by atoms with Crippen LogP contribution in [-0.2, 0) is 11.3 Å². The van der Waals surface area contributed by atoms with Crippen LogP contribution in [0.2, 0.25) is 0 Å². The van der Waals surface area contributed by atoms with Gasteiger partial charge in [0.15, 0.2) is 10.8 Å². The van der Waals surface area contributed by atoms with Crippen LogP contribution in [0.15, 0.2) is 11.6 Å². The Morgan fingerprint density at radius 3 is 3.12 bits per heavy atom. The Bertz CT molecular complexity index is 520. The van der Waals surface area contributed by atoms with Crippen molar-refractivity contribution in [1.82, 2.24) is 15.2 Å². The van der Waals surface area contributed by atoms with E-state index >= 15 is 0 Å². The monoisotopic (exact) mass is 252 g/mol. The van der Waals surface area contributed by atoms with Crippen molar-refractivity contribution in [3.05, 3.63) is 28.5 Å². The summed E-state index contributed by atoms with van der Waals surface area (Å²) >= 11 is 1.37. The molecule has 17 heavy (non-hydrogen) atoms. The molecule has 0 atom stereocenters. The van der Waals surface area contributed by atoms with Gasteiger partial charge < -0.3 is 10.1 Å². The SMILES string of the molecule is COC(=O)c1csc(NCc2cn[nH]c2C)n1. The predicted molar refractivity (Wildman–Crippen MR) is 64.1 cm³/mol. The molecule has 2 aromatic heterocycles. The first kappa shape index (κ1) is 11.6. The molecule has 2 heterocycles. The van der Waals surface area contributed by atoms with E-state index in [9.17, 15) is 4.79 Å². The number of carbonyl (C=O) groups excluding carboxylic acids is 1. The van der Waals surface area contributed by atoms with Crippen LogP contribution in [-0.4, -0.2) is 28.3 Å². The van der Waals surface area contributed by atoms with Gasteiger partial charge in [0.25, 0.3) is 0 Å². The summed E-state index contributed by atoms with van der Waals surface area (Å²) in [5.41, 5.74) is 2.41. The third-order valence-corrected chi connectivity index (χ3v) is 3.06. The first-order chi connectivity index (χ1) is 8.20. The Hall–Kier alpha value is -1.89. The van der Waals surface area contributed by atoms with Crippen LogP contribution < -0.4 is 5.32 Å². The van der Waals surface area contributed by atoms with Gasteiger partial charge in [-0.05, 0) is 6.92 Å². The second-order valence-corrected chi connectivity index (χ2v) is 4.26. The van der Waals surface area contributed by atoms with E-state index in [4.69, 9.17) is 0 Å². The van der Waals surface area contributed by atoms with Gasteiger partial charge in [-0.2, -0.15) is 5.10 Å². The Kier molecular flexibility index (Phi) is 3.38. The molecule has 7 heteroatoms. The first-order valence-corrected chi connectivity index (χ1v) is 5.85. The minimum Gasteiger partial charge on any atom is -0.464 e. The van der Waals surface area contributed by atoms with Gasteiger partial charge in [-0.25, -0.2) is 9.78 Å². The number of esters is 1. The highest BCUT2D eigenvalue weighted by molar-refractivity contribution is 7.13. The maximum Gasteiger partial charge on any atom is 0.357 e. The third kappa shape index (κ3) is 2.62. The fraction of sp³-hybridized carbons (Fsp3) is 0.300. The number of methoxy groups -OCH3 is 1. The van der Waals surface area contributed by atoms with Crippen molar-refractivity contribution >= 4 is 22.4 Å². The quantitative estimate of drug-likeness (QED) is 0.807. The number of carbonyl (C=O) groups is 1. The van der Waals surface area contributed by atoms with E-state index in [1.165, 1.54) is 18.4 Å². The van der Waals surface area contributed by atoms with Crippen LogP contribution in [0.25, 0.3) is 0 Å². The van der Waals surface area contributed by atoms with Crippen LogP contribution >= 0.6 is 11.3 Å². The summed E-state index contributed by atoms with van der Waals surface area (Å²) in [6, 6.07) is 0. The maximum absolute atomic E-state index is 11.2. The summed E-state index contributed by atoms with van der Waals surface area (Å²) < 4.78 is 4.58. The molecule has 6 nitrogen and oxygen atoms in total. The molecule has 0 saturated carbocycles. The number of ether oxygens (including phenoxy) is 1. The van der Waals surface area contributed by atoms with Crippen LogP contribution in [0.4, 0.5) is 5.13 Å². The van der Waals surface area contributed by atoms with Crippen molar-refractivity contribution in [2.45, 2.75) is 13.5 Å². The number of aromatic amines is 1. The number of nitrogens with one attached hydrogen (secondary N) is 2. The maximum atomic E-state index is 11.2. The van der Waals surface area contributed by atoms with Crippen molar-refractivity contribution in [3.63, 3.8) is 0 Å². The second-order valence-electron chi connectivity index (χ2n) is 3.40. The topological polar surface area (TPSA) is 79.9 Å². The van der Waals surface area contributed by atoms with E-state index in [2.05, 4.69) is 25.2 Å². The molecule has 0 aliphatic heterocycles. The summed E-state index contributed by atoms with van der Waals surface area (Å²) in [7, 11) is 1.34. The van der Waals surface area contributed by atoms with E-state index < -0.39 is 5.97 Å². The fourth-order valence-electron chi connectivity index (χ4n) is 1.28. The number of H-pyrrole nitrogens is 1. The van der Waals surface area contributed by atoms with Gasteiger partial charge >= 0.3 is 5.97 Å². The lowest BCUT2D eigenvalue weighted by Gasteiger charge is -2.00. The lowest BCUT2D eigenvalue weighted by atomic mass is 10.3. The van der Waals surface area contributed by atoms with Crippen molar-refractivity contribution in [1.29, 1.82) is 0 Å². The minimum atomic E-state index is -0.422. The third-order valence-electron chi connectivity index (χ3n) is 2.26. The van der Waals surface area contributed by atoms with Gasteiger partial charge in [0.1, 0.15) is 0 Å². The average molecular weight is 252 g/mol.